The van der Waals surface area contributed by atoms with Gasteiger partial charge < -0.3 is 10.6 Å². The first-order valence-electron chi connectivity index (χ1n) is 6.43. The maximum Gasteiger partial charge on any atom is 0.274 e. The lowest BCUT2D eigenvalue weighted by Gasteiger charge is -2.37. The molecule has 2 rings (SSSR count). The number of hydrogen-bond donors (Lipinski definition) is 1. The van der Waals surface area contributed by atoms with Crippen LogP contribution in [0.15, 0.2) is 6.07 Å². The van der Waals surface area contributed by atoms with Crippen LogP contribution in [0.5, 0.6) is 0 Å². The van der Waals surface area contributed by atoms with Gasteiger partial charge in [-0.3, -0.25) is 14.3 Å². The zero-order valence-electron chi connectivity index (χ0n) is 11.6. The highest BCUT2D eigenvalue weighted by Gasteiger charge is 2.38. The number of amides is 2. The number of aryl methyl sites for hydroxylation is 2. The minimum Gasteiger partial charge on any atom is -0.369 e. The summed E-state index contributed by atoms with van der Waals surface area (Å²) in [6.07, 6.45) is 1.52. The van der Waals surface area contributed by atoms with Crippen LogP contribution in [-0.2, 0) is 11.8 Å². The van der Waals surface area contributed by atoms with Crippen molar-refractivity contribution < 1.29 is 9.59 Å². The van der Waals surface area contributed by atoms with Crippen molar-refractivity contribution in [3.8, 4) is 0 Å². The highest BCUT2D eigenvalue weighted by molar-refractivity contribution is 5.93. The lowest BCUT2D eigenvalue weighted by Crippen LogP contribution is -2.50. The number of hydrogen-bond acceptors (Lipinski definition) is 3. The normalized spacial score (nSPS) is 23.4. The van der Waals surface area contributed by atoms with Crippen molar-refractivity contribution in [1.29, 1.82) is 0 Å². The number of aromatic nitrogens is 2. The first-order chi connectivity index (χ1) is 8.83. The van der Waals surface area contributed by atoms with E-state index in [0.29, 0.717) is 18.8 Å². The van der Waals surface area contributed by atoms with Gasteiger partial charge in [0.2, 0.25) is 5.91 Å². The first kappa shape index (κ1) is 13.6. The maximum absolute atomic E-state index is 12.4. The second-order valence-electron chi connectivity index (χ2n) is 5.55. The molecule has 0 aromatic carbocycles. The summed E-state index contributed by atoms with van der Waals surface area (Å²) in [5.41, 5.74) is 6.16. The largest absolute Gasteiger partial charge is 0.369 e. The molecule has 1 atom stereocenters. The number of nitrogens with two attached hydrogens (primary N) is 1. The van der Waals surface area contributed by atoms with Crippen LogP contribution in [0, 0.1) is 12.3 Å². The summed E-state index contributed by atoms with van der Waals surface area (Å²) in [6, 6.07) is 1.76. The molecule has 1 unspecified atom stereocenters. The van der Waals surface area contributed by atoms with E-state index in [-0.39, 0.29) is 11.8 Å². The van der Waals surface area contributed by atoms with Gasteiger partial charge in [0, 0.05) is 25.8 Å². The van der Waals surface area contributed by atoms with Gasteiger partial charge in [0.25, 0.3) is 5.91 Å². The summed E-state index contributed by atoms with van der Waals surface area (Å²) in [5, 5.41) is 4.19. The smallest absolute Gasteiger partial charge is 0.274 e. The number of carbonyl (C=O) groups is 2. The Hall–Kier alpha value is -1.85. The van der Waals surface area contributed by atoms with Gasteiger partial charge in [-0.15, -0.1) is 0 Å². The molecule has 0 bridgehead atoms. The van der Waals surface area contributed by atoms with Gasteiger partial charge in [-0.25, -0.2) is 0 Å². The Balaban J connectivity index is 2.18. The van der Waals surface area contributed by atoms with Gasteiger partial charge in [-0.1, -0.05) is 0 Å². The molecular weight excluding hydrogens is 244 g/mol. The molecule has 6 heteroatoms. The SMILES string of the molecule is Cc1cc(C(=O)N2CCCC(C)(C(N)=O)C2)nn1C. The summed E-state index contributed by atoms with van der Waals surface area (Å²) in [7, 11) is 1.80. The monoisotopic (exact) mass is 264 g/mol. The van der Waals surface area contributed by atoms with E-state index in [9.17, 15) is 9.59 Å². The molecule has 0 spiro atoms. The topological polar surface area (TPSA) is 81.2 Å². The fourth-order valence-electron chi connectivity index (χ4n) is 2.44. The molecule has 0 aliphatic carbocycles. The summed E-state index contributed by atoms with van der Waals surface area (Å²) in [6.45, 7) is 4.74. The highest BCUT2D eigenvalue weighted by Crippen LogP contribution is 2.29. The van der Waals surface area contributed by atoms with E-state index in [1.165, 1.54) is 0 Å². The van der Waals surface area contributed by atoms with E-state index in [0.717, 1.165) is 18.5 Å². The zero-order chi connectivity index (χ0) is 14.2. The molecule has 2 amide bonds. The summed E-state index contributed by atoms with van der Waals surface area (Å²) in [5.74, 6) is -0.474. The lowest BCUT2D eigenvalue weighted by atomic mass is 9.81. The van der Waals surface area contributed by atoms with Crippen LogP contribution in [0.2, 0.25) is 0 Å². The second kappa shape index (κ2) is 4.68. The Morgan fingerprint density at radius 3 is 2.68 bits per heavy atom. The molecular formula is C13H20N4O2. The van der Waals surface area contributed by atoms with Gasteiger partial charge in [0.15, 0.2) is 5.69 Å². The van der Waals surface area contributed by atoms with Crippen LogP contribution in [0.1, 0.15) is 35.9 Å². The van der Waals surface area contributed by atoms with E-state index < -0.39 is 5.41 Å². The number of likely N-dealkylation sites (tertiary alicyclic amines) is 1. The molecule has 1 aliphatic heterocycles. The molecule has 1 aliphatic rings. The summed E-state index contributed by atoms with van der Waals surface area (Å²) < 4.78 is 1.67. The molecule has 19 heavy (non-hydrogen) atoms. The lowest BCUT2D eigenvalue weighted by molar-refractivity contribution is -0.129. The zero-order valence-corrected chi connectivity index (χ0v) is 11.6. The Morgan fingerprint density at radius 1 is 1.47 bits per heavy atom. The van der Waals surface area contributed by atoms with Gasteiger partial charge in [-0.2, -0.15) is 5.10 Å². The molecule has 6 nitrogen and oxygen atoms in total. The van der Waals surface area contributed by atoms with E-state index in [4.69, 9.17) is 5.73 Å². The number of carbonyl (C=O) groups excluding carboxylic acids is 2. The number of primary amides is 1. The third-order valence-electron chi connectivity index (χ3n) is 3.91. The van der Waals surface area contributed by atoms with Crippen molar-refractivity contribution >= 4 is 11.8 Å². The van der Waals surface area contributed by atoms with Gasteiger partial charge in [0.1, 0.15) is 0 Å². The average Bonchev–Trinajstić information content (AvgIpc) is 2.68. The van der Waals surface area contributed by atoms with E-state index >= 15 is 0 Å². The summed E-state index contributed by atoms with van der Waals surface area (Å²) >= 11 is 0. The first-order valence-corrected chi connectivity index (χ1v) is 6.43. The molecule has 104 valence electrons. The molecule has 2 heterocycles. The van der Waals surface area contributed by atoms with Crippen molar-refractivity contribution in [2.45, 2.75) is 26.7 Å². The quantitative estimate of drug-likeness (QED) is 0.842. The number of piperidine rings is 1. The van der Waals surface area contributed by atoms with Crippen LogP contribution in [0.3, 0.4) is 0 Å². The fraction of sp³-hybridized carbons (Fsp3) is 0.615. The minimum absolute atomic E-state index is 0.129. The van der Waals surface area contributed by atoms with Crippen LogP contribution in [0.25, 0.3) is 0 Å². The van der Waals surface area contributed by atoms with Crippen molar-refractivity contribution in [3.05, 3.63) is 17.5 Å². The van der Waals surface area contributed by atoms with Crippen LogP contribution < -0.4 is 5.73 Å². The van der Waals surface area contributed by atoms with Crippen LogP contribution in [0.4, 0.5) is 0 Å². The predicted molar refractivity (Wildman–Crippen MR) is 70.4 cm³/mol. The standard InChI is InChI=1S/C13H20N4O2/c1-9-7-10(15-16(9)3)11(18)17-6-4-5-13(2,8-17)12(14)19/h7H,4-6,8H2,1-3H3,(H2,14,19). The molecule has 0 radical (unpaired) electrons. The summed E-state index contributed by atoms with van der Waals surface area (Å²) in [4.78, 5) is 25.6. The van der Waals surface area contributed by atoms with E-state index in [1.54, 1.807) is 22.7 Å². The van der Waals surface area contributed by atoms with E-state index in [2.05, 4.69) is 5.10 Å². The number of rotatable bonds is 2. The molecule has 1 aromatic heterocycles. The van der Waals surface area contributed by atoms with Gasteiger partial charge >= 0.3 is 0 Å². The Bertz CT molecular complexity index is 503. The third kappa shape index (κ3) is 2.47. The predicted octanol–water partition coefficient (Wildman–Crippen LogP) is 0.456. The Kier molecular flexibility index (Phi) is 3.34. The third-order valence-corrected chi connectivity index (χ3v) is 3.91. The average molecular weight is 264 g/mol. The fourth-order valence-corrected chi connectivity index (χ4v) is 2.44. The molecule has 1 aromatic rings. The van der Waals surface area contributed by atoms with Crippen LogP contribution in [-0.4, -0.2) is 39.6 Å². The van der Waals surface area contributed by atoms with Crippen molar-refractivity contribution in [3.63, 3.8) is 0 Å². The number of nitrogens with zero attached hydrogens (tertiary/aromatic N) is 3. The molecule has 1 saturated heterocycles. The Morgan fingerprint density at radius 2 is 2.16 bits per heavy atom. The molecule has 1 fully saturated rings. The molecule has 2 N–H and O–H groups in total. The van der Waals surface area contributed by atoms with Crippen molar-refractivity contribution in [1.82, 2.24) is 14.7 Å². The van der Waals surface area contributed by atoms with Gasteiger partial charge in [0.05, 0.1) is 5.41 Å². The minimum atomic E-state index is -0.627. The van der Waals surface area contributed by atoms with Gasteiger partial charge in [-0.05, 0) is 32.8 Å². The maximum atomic E-state index is 12.4. The van der Waals surface area contributed by atoms with E-state index in [1.807, 2.05) is 13.8 Å². The second-order valence-corrected chi connectivity index (χ2v) is 5.55. The van der Waals surface area contributed by atoms with Crippen molar-refractivity contribution in [2.24, 2.45) is 18.2 Å². The van der Waals surface area contributed by atoms with Crippen LogP contribution >= 0.6 is 0 Å². The highest BCUT2D eigenvalue weighted by atomic mass is 16.2. The van der Waals surface area contributed by atoms with Crippen molar-refractivity contribution in [2.75, 3.05) is 13.1 Å². The molecule has 0 saturated carbocycles. The Labute approximate surface area is 112 Å².